The first-order valence-corrected chi connectivity index (χ1v) is 5.47. The van der Waals surface area contributed by atoms with Crippen molar-refractivity contribution in [2.24, 2.45) is 0 Å². The van der Waals surface area contributed by atoms with Crippen molar-refractivity contribution in [3.8, 4) is 0 Å². The van der Waals surface area contributed by atoms with E-state index in [4.69, 9.17) is 16.0 Å². The number of nitrogens with zero attached hydrogens (tertiary/aromatic N) is 2. The van der Waals surface area contributed by atoms with Gasteiger partial charge in [-0.1, -0.05) is 11.6 Å². The summed E-state index contributed by atoms with van der Waals surface area (Å²) < 4.78 is 7.03. The molecule has 0 spiro atoms. The number of aromatic nitrogens is 2. The van der Waals surface area contributed by atoms with E-state index < -0.39 is 6.10 Å². The van der Waals surface area contributed by atoms with E-state index in [-0.39, 0.29) is 0 Å². The van der Waals surface area contributed by atoms with Gasteiger partial charge in [0.25, 0.3) is 0 Å². The third-order valence-electron chi connectivity index (χ3n) is 2.42. The summed E-state index contributed by atoms with van der Waals surface area (Å²) in [6.45, 7) is 4.42. The Labute approximate surface area is 98.4 Å². The lowest BCUT2D eigenvalue weighted by Gasteiger charge is -2.10. The molecule has 86 valence electrons. The number of furan rings is 1. The zero-order chi connectivity index (χ0) is 11.7. The van der Waals surface area contributed by atoms with Crippen molar-refractivity contribution in [1.29, 1.82) is 0 Å². The largest absolute Gasteiger partial charge is 0.463 e. The number of aryl methyl sites for hydroxylation is 2. The molecule has 0 aliphatic heterocycles. The number of aliphatic hydroxyl groups is 1. The molecule has 2 aromatic rings. The van der Waals surface area contributed by atoms with Crippen molar-refractivity contribution >= 4 is 11.6 Å². The quantitative estimate of drug-likeness (QED) is 0.897. The lowest BCUT2D eigenvalue weighted by atomic mass is 10.2. The molecule has 0 fully saturated rings. The molecule has 0 saturated carbocycles. The van der Waals surface area contributed by atoms with E-state index in [2.05, 4.69) is 5.10 Å². The molecule has 4 nitrogen and oxygen atoms in total. The molecule has 0 radical (unpaired) electrons. The van der Waals surface area contributed by atoms with Crippen molar-refractivity contribution in [2.45, 2.75) is 26.5 Å². The molecule has 0 aromatic carbocycles. The molecular formula is C11H13ClN2O2. The summed E-state index contributed by atoms with van der Waals surface area (Å²) >= 11 is 5.99. The van der Waals surface area contributed by atoms with E-state index in [0.717, 1.165) is 5.76 Å². The van der Waals surface area contributed by atoms with Crippen LogP contribution in [0.4, 0.5) is 0 Å². The minimum absolute atomic E-state index is 0.448. The average Bonchev–Trinajstić information content (AvgIpc) is 2.83. The topological polar surface area (TPSA) is 51.2 Å². The summed E-state index contributed by atoms with van der Waals surface area (Å²) in [5.41, 5.74) is 0.568. The van der Waals surface area contributed by atoms with E-state index in [0.29, 0.717) is 23.0 Å². The summed E-state index contributed by atoms with van der Waals surface area (Å²) in [6.07, 6.45) is 0.656. The van der Waals surface area contributed by atoms with Crippen molar-refractivity contribution in [3.05, 3.63) is 40.6 Å². The second-order valence-corrected chi connectivity index (χ2v) is 3.95. The standard InChI is InChI=1S/C11H13ClN2O2/c1-3-14-10(8(12)6-13-14)11(15)9-5-4-7(2)16-9/h4-6,11,15H,3H2,1-2H3. The molecule has 5 heteroatoms. The van der Waals surface area contributed by atoms with E-state index >= 15 is 0 Å². The molecule has 1 N–H and O–H groups in total. The van der Waals surface area contributed by atoms with Gasteiger partial charge >= 0.3 is 0 Å². The molecule has 0 amide bonds. The number of halogens is 1. The number of hydrogen-bond donors (Lipinski definition) is 1. The minimum atomic E-state index is -0.872. The molecule has 0 saturated heterocycles. The number of hydrogen-bond acceptors (Lipinski definition) is 3. The summed E-state index contributed by atoms with van der Waals surface area (Å²) in [7, 11) is 0. The van der Waals surface area contributed by atoms with Gasteiger partial charge in [-0.3, -0.25) is 4.68 Å². The van der Waals surface area contributed by atoms with Gasteiger partial charge in [0, 0.05) is 6.54 Å². The molecule has 0 bridgehead atoms. The van der Waals surface area contributed by atoms with Crippen molar-refractivity contribution in [2.75, 3.05) is 0 Å². The molecule has 0 aliphatic carbocycles. The van der Waals surface area contributed by atoms with Crippen LogP contribution in [0.15, 0.2) is 22.7 Å². The molecule has 1 unspecified atom stereocenters. The Morgan fingerprint density at radius 1 is 1.56 bits per heavy atom. The molecule has 2 rings (SSSR count). The van der Waals surface area contributed by atoms with Gasteiger partial charge in [0.2, 0.25) is 0 Å². The Hall–Kier alpha value is -1.26. The lowest BCUT2D eigenvalue weighted by molar-refractivity contribution is 0.177. The number of rotatable bonds is 3. The molecular weight excluding hydrogens is 228 g/mol. The van der Waals surface area contributed by atoms with Crippen LogP contribution in [0, 0.1) is 6.92 Å². The fraction of sp³-hybridized carbons (Fsp3) is 0.364. The smallest absolute Gasteiger partial charge is 0.155 e. The van der Waals surface area contributed by atoms with Crippen molar-refractivity contribution in [1.82, 2.24) is 9.78 Å². The second kappa shape index (κ2) is 4.31. The van der Waals surface area contributed by atoms with Crippen molar-refractivity contribution in [3.63, 3.8) is 0 Å². The highest BCUT2D eigenvalue weighted by Crippen LogP contribution is 2.29. The zero-order valence-electron chi connectivity index (χ0n) is 9.14. The van der Waals surface area contributed by atoms with Crippen LogP contribution in [-0.2, 0) is 6.54 Å². The second-order valence-electron chi connectivity index (χ2n) is 3.54. The van der Waals surface area contributed by atoms with Gasteiger partial charge in [0.1, 0.15) is 11.5 Å². The SMILES string of the molecule is CCn1ncc(Cl)c1C(O)c1ccc(C)o1. The van der Waals surface area contributed by atoms with Crippen LogP contribution >= 0.6 is 11.6 Å². The van der Waals surface area contributed by atoms with Gasteiger partial charge in [-0.25, -0.2) is 0 Å². The predicted octanol–water partition coefficient (Wildman–Crippen LogP) is 2.54. The maximum absolute atomic E-state index is 10.1. The molecule has 16 heavy (non-hydrogen) atoms. The van der Waals surface area contributed by atoms with E-state index in [1.165, 1.54) is 6.20 Å². The highest BCUT2D eigenvalue weighted by atomic mass is 35.5. The third kappa shape index (κ3) is 1.86. The van der Waals surface area contributed by atoms with Gasteiger partial charge in [0.15, 0.2) is 6.10 Å². The summed E-state index contributed by atoms with van der Waals surface area (Å²) in [5.74, 6) is 1.24. The van der Waals surface area contributed by atoms with E-state index in [1.54, 1.807) is 16.8 Å². The highest BCUT2D eigenvalue weighted by molar-refractivity contribution is 6.31. The maximum Gasteiger partial charge on any atom is 0.155 e. The van der Waals surface area contributed by atoms with E-state index in [1.807, 2.05) is 13.8 Å². The highest BCUT2D eigenvalue weighted by Gasteiger charge is 2.21. The number of aliphatic hydroxyl groups excluding tert-OH is 1. The summed E-state index contributed by atoms with van der Waals surface area (Å²) in [5, 5.41) is 14.7. The first kappa shape index (κ1) is 11.2. The normalized spacial score (nSPS) is 13.0. The van der Waals surface area contributed by atoms with Crippen LogP contribution in [-0.4, -0.2) is 14.9 Å². The van der Waals surface area contributed by atoms with Gasteiger partial charge in [-0.15, -0.1) is 0 Å². The molecule has 2 aromatic heterocycles. The predicted molar refractivity (Wildman–Crippen MR) is 60.4 cm³/mol. The van der Waals surface area contributed by atoms with Crippen LogP contribution in [0.2, 0.25) is 5.02 Å². The maximum atomic E-state index is 10.1. The van der Waals surface area contributed by atoms with Gasteiger partial charge < -0.3 is 9.52 Å². The van der Waals surface area contributed by atoms with Crippen LogP contribution < -0.4 is 0 Å². The van der Waals surface area contributed by atoms with Crippen molar-refractivity contribution < 1.29 is 9.52 Å². The first-order valence-electron chi connectivity index (χ1n) is 5.09. The average molecular weight is 241 g/mol. The Balaban J connectivity index is 2.40. The third-order valence-corrected chi connectivity index (χ3v) is 2.71. The molecule has 1 atom stereocenters. The van der Waals surface area contributed by atoms with Crippen LogP contribution in [0.1, 0.15) is 30.2 Å². The van der Waals surface area contributed by atoms with Crippen LogP contribution in [0.5, 0.6) is 0 Å². The van der Waals surface area contributed by atoms with Gasteiger partial charge in [0.05, 0.1) is 16.9 Å². The van der Waals surface area contributed by atoms with E-state index in [9.17, 15) is 5.11 Å². The first-order chi connectivity index (χ1) is 7.63. The summed E-state index contributed by atoms with van der Waals surface area (Å²) in [4.78, 5) is 0. The lowest BCUT2D eigenvalue weighted by Crippen LogP contribution is -2.08. The molecule has 0 aliphatic rings. The summed E-state index contributed by atoms with van der Waals surface area (Å²) in [6, 6.07) is 3.54. The Bertz CT molecular complexity index is 490. The van der Waals surface area contributed by atoms with Crippen LogP contribution in [0.3, 0.4) is 0 Å². The Morgan fingerprint density at radius 3 is 2.88 bits per heavy atom. The monoisotopic (exact) mass is 240 g/mol. The van der Waals surface area contributed by atoms with Crippen LogP contribution in [0.25, 0.3) is 0 Å². The Morgan fingerprint density at radius 2 is 2.31 bits per heavy atom. The minimum Gasteiger partial charge on any atom is -0.463 e. The van der Waals surface area contributed by atoms with Gasteiger partial charge in [-0.2, -0.15) is 5.10 Å². The zero-order valence-corrected chi connectivity index (χ0v) is 9.90. The fourth-order valence-electron chi connectivity index (χ4n) is 1.63. The fourth-order valence-corrected chi connectivity index (χ4v) is 1.88. The van der Waals surface area contributed by atoms with Gasteiger partial charge in [-0.05, 0) is 26.0 Å². The Kier molecular flexibility index (Phi) is 3.03. The molecule has 2 heterocycles.